The standard InChI is InChI=1S/C25H28O2/c1-3-7-19-10-12-20(13-11-19)21-14-16-23(17-15-21)25(24(26)27)18-6-5-9-22(25)8-4-2/h3-4,10-17,22H,1-2,5-9,18H2,(H,26,27). The molecule has 2 aromatic carbocycles. The quantitative estimate of drug-likeness (QED) is 0.599. The first kappa shape index (κ1) is 19.2. The Morgan fingerprint density at radius 1 is 1.00 bits per heavy atom. The predicted octanol–water partition coefficient (Wildman–Crippen LogP) is 6.17. The number of carboxylic acid groups (broad SMARTS) is 1. The molecule has 0 amide bonds. The summed E-state index contributed by atoms with van der Waals surface area (Å²) >= 11 is 0. The highest BCUT2D eigenvalue weighted by molar-refractivity contribution is 5.82. The monoisotopic (exact) mass is 360 g/mol. The first-order chi connectivity index (χ1) is 13.1. The Morgan fingerprint density at radius 2 is 1.63 bits per heavy atom. The summed E-state index contributed by atoms with van der Waals surface area (Å²) in [7, 11) is 0. The summed E-state index contributed by atoms with van der Waals surface area (Å²) in [5.41, 5.74) is 3.63. The molecule has 0 aromatic heterocycles. The summed E-state index contributed by atoms with van der Waals surface area (Å²) in [6, 6.07) is 16.6. The van der Waals surface area contributed by atoms with E-state index >= 15 is 0 Å². The van der Waals surface area contributed by atoms with Gasteiger partial charge >= 0.3 is 5.97 Å². The Hall–Kier alpha value is -2.61. The number of carboxylic acids is 1. The normalized spacial score (nSPS) is 22.1. The van der Waals surface area contributed by atoms with Gasteiger partial charge in [-0.15, -0.1) is 13.2 Å². The summed E-state index contributed by atoms with van der Waals surface area (Å²) in [4.78, 5) is 12.4. The number of carbonyl (C=O) groups is 1. The maximum atomic E-state index is 12.4. The van der Waals surface area contributed by atoms with Crippen molar-refractivity contribution < 1.29 is 9.90 Å². The van der Waals surface area contributed by atoms with E-state index in [1.807, 2.05) is 24.3 Å². The van der Waals surface area contributed by atoms with Crippen molar-refractivity contribution in [3.8, 4) is 11.1 Å². The Kier molecular flexibility index (Phi) is 5.95. The highest BCUT2D eigenvalue weighted by atomic mass is 16.4. The molecule has 1 fully saturated rings. The zero-order valence-electron chi connectivity index (χ0n) is 15.9. The van der Waals surface area contributed by atoms with Gasteiger partial charge in [-0.3, -0.25) is 4.79 Å². The maximum Gasteiger partial charge on any atom is 0.314 e. The lowest BCUT2D eigenvalue weighted by atomic mass is 9.61. The summed E-state index contributed by atoms with van der Waals surface area (Å²) < 4.78 is 0. The van der Waals surface area contributed by atoms with Crippen LogP contribution in [-0.4, -0.2) is 11.1 Å². The van der Waals surface area contributed by atoms with Gasteiger partial charge in [0.05, 0.1) is 5.41 Å². The van der Waals surface area contributed by atoms with Crippen molar-refractivity contribution in [1.29, 1.82) is 0 Å². The Bertz CT molecular complexity index is 801. The van der Waals surface area contributed by atoms with E-state index in [9.17, 15) is 9.90 Å². The number of benzene rings is 2. The molecule has 140 valence electrons. The molecule has 0 spiro atoms. The minimum Gasteiger partial charge on any atom is -0.481 e. The minimum atomic E-state index is -0.793. The van der Waals surface area contributed by atoms with Crippen LogP contribution >= 0.6 is 0 Å². The van der Waals surface area contributed by atoms with Gasteiger partial charge in [0.2, 0.25) is 0 Å². The zero-order chi connectivity index (χ0) is 19.3. The second kappa shape index (κ2) is 8.39. The molecule has 2 unspecified atom stereocenters. The van der Waals surface area contributed by atoms with E-state index in [1.54, 1.807) is 0 Å². The maximum absolute atomic E-state index is 12.4. The van der Waals surface area contributed by atoms with Gasteiger partial charge in [-0.05, 0) is 53.9 Å². The summed E-state index contributed by atoms with van der Waals surface area (Å²) in [6.45, 7) is 7.62. The van der Waals surface area contributed by atoms with E-state index in [0.717, 1.165) is 48.8 Å². The van der Waals surface area contributed by atoms with Crippen LogP contribution in [0.3, 0.4) is 0 Å². The van der Waals surface area contributed by atoms with Gasteiger partial charge < -0.3 is 5.11 Å². The van der Waals surface area contributed by atoms with Gasteiger partial charge in [-0.1, -0.05) is 73.5 Å². The van der Waals surface area contributed by atoms with Crippen molar-refractivity contribution in [1.82, 2.24) is 0 Å². The molecule has 1 aliphatic rings. The van der Waals surface area contributed by atoms with E-state index in [2.05, 4.69) is 49.6 Å². The molecule has 2 aromatic rings. The van der Waals surface area contributed by atoms with Crippen LogP contribution in [-0.2, 0) is 16.6 Å². The molecule has 0 bridgehead atoms. The van der Waals surface area contributed by atoms with E-state index in [1.165, 1.54) is 5.56 Å². The number of rotatable bonds is 7. The fourth-order valence-corrected chi connectivity index (χ4v) is 4.51. The van der Waals surface area contributed by atoms with Gasteiger partial charge in [0.1, 0.15) is 0 Å². The fraction of sp³-hybridized carbons (Fsp3) is 0.320. The molecular formula is C25H28O2. The summed E-state index contributed by atoms with van der Waals surface area (Å²) in [6.07, 6.45) is 9.10. The molecular weight excluding hydrogens is 332 g/mol. The van der Waals surface area contributed by atoms with Gasteiger partial charge in [-0.2, -0.15) is 0 Å². The highest BCUT2D eigenvalue weighted by Crippen LogP contribution is 2.46. The number of aliphatic carboxylic acids is 1. The second-order valence-electron chi connectivity index (χ2n) is 7.51. The highest BCUT2D eigenvalue weighted by Gasteiger charge is 2.47. The molecule has 1 aliphatic carbocycles. The molecule has 1 N–H and O–H groups in total. The Morgan fingerprint density at radius 3 is 2.19 bits per heavy atom. The Labute approximate surface area is 162 Å². The first-order valence-corrected chi connectivity index (χ1v) is 9.77. The van der Waals surface area contributed by atoms with Crippen molar-refractivity contribution in [3.05, 3.63) is 85.0 Å². The van der Waals surface area contributed by atoms with Gasteiger partial charge in [0, 0.05) is 0 Å². The molecule has 2 heteroatoms. The largest absolute Gasteiger partial charge is 0.481 e. The van der Waals surface area contributed by atoms with Crippen LogP contribution in [0, 0.1) is 5.92 Å². The van der Waals surface area contributed by atoms with Crippen LogP contribution in [0.1, 0.15) is 43.2 Å². The SMILES string of the molecule is C=CCc1ccc(-c2ccc(C3(C(=O)O)CCCCC3CC=C)cc2)cc1. The minimum absolute atomic E-state index is 0.116. The van der Waals surface area contributed by atoms with Gasteiger partial charge in [0.25, 0.3) is 0 Å². The molecule has 0 saturated heterocycles. The number of hydrogen-bond acceptors (Lipinski definition) is 1. The Balaban J connectivity index is 1.93. The van der Waals surface area contributed by atoms with Crippen LogP contribution in [0.2, 0.25) is 0 Å². The summed E-state index contributed by atoms with van der Waals surface area (Å²) in [5, 5.41) is 10.2. The molecule has 27 heavy (non-hydrogen) atoms. The summed E-state index contributed by atoms with van der Waals surface area (Å²) in [5.74, 6) is -0.583. The number of hydrogen-bond donors (Lipinski definition) is 1. The lowest BCUT2D eigenvalue weighted by Gasteiger charge is -2.41. The molecule has 2 atom stereocenters. The van der Waals surface area contributed by atoms with Crippen molar-refractivity contribution in [3.63, 3.8) is 0 Å². The first-order valence-electron chi connectivity index (χ1n) is 9.77. The zero-order valence-corrected chi connectivity index (χ0v) is 15.9. The van der Waals surface area contributed by atoms with Crippen molar-refractivity contribution in [2.45, 2.75) is 43.9 Å². The second-order valence-corrected chi connectivity index (χ2v) is 7.51. The molecule has 2 nitrogen and oxygen atoms in total. The van der Waals surface area contributed by atoms with Crippen LogP contribution in [0.25, 0.3) is 11.1 Å². The fourth-order valence-electron chi connectivity index (χ4n) is 4.51. The van der Waals surface area contributed by atoms with Crippen LogP contribution in [0.4, 0.5) is 0 Å². The van der Waals surface area contributed by atoms with Crippen molar-refractivity contribution >= 4 is 5.97 Å². The van der Waals surface area contributed by atoms with E-state index in [-0.39, 0.29) is 5.92 Å². The molecule has 0 aliphatic heterocycles. The van der Waals surface area contributed by atoms with E-state index < -0.39 is 11.4 Å². The third kappa shape index (κ3) is 3.75. The number of allylic oxidation sites excluding steroid dienone is 2. The lowest BCUT2D eigenvalue weighted by Crippen LogP contribution is -2.45. The average Bonchev–Trinajstić information content (AvgIpc) is 2.69. The molecule has 0 radical (unpaired) electrons. The molecule has 1 saturated carbocycles. The van der Waals surface area contributed by atoms with Crippen molar-refractivity contribution in [2.24, 2.45) is 5.92 Å². The lowest BCUT2D eigenvalue weighted by molar-refractivity contribution is -0.148. The van der Waals surface area contributed by atoms with Crippen LogP contribution in [0.5, 0.6) is 0 Å². The topological polar surface area (TPSA) is 37.3 Å². The molecule has 3 rings (SSSR count). The average molecular weight is 360 g/mol. The van der Waals surface area contributed by atoms with Gasteiger partial charge in [0.15, 0.2) is 0 Å². The van der Waals surface area contributed by atoms with Gasteiger partial charge in [-0.25, -0.2) is 0 Å². The third-order valence-electron chi connectivity index (χ3n) is 5.97. The predicted molar refractivity (Wildman–Crippen MR) is 112 cm³/mol. The van der Waals surface area contributed by atoms with E-state index in [0.29, 0.717) is 6.42 Å². The van der Waals surface area contributed by atoms with Crippen molar-refractivity contribution in [2.75, 3.05) is 0 Å². The smallest absolute Gasteiger partial charge is 0.314 e. The molecule has 0 heterocycles. The van der Waals surface area contributed by atoms with E-state index in [4.69, 9.17) is 0 Å². The third-order valence-corrected chi connectivity index (χ3v) is 5.97. The van der Waals surface area contributed by atoms with Crippen LogP contribution in [0.15, 0.2) is 73.8 Å². The van der Waals surface area contributed by atoms with Crippen LogP contribution < -0.4 is 0 Å².